The van der Waals surface area contributed by atoms with Crippen LogP contribution in [0.5, 0.6) is 0 Å². The summed E-state index contributed by atoms with van der Waals surface area (Å²) in [7, 11) is 0. The van der Waals surface area contributed by atoms with E-state index in [1.165, 1.54) is 25.9 Å². The molecule has 0 radical (unpaired) electrons. The number of thiophene rings is 1. The van der Waals surface area contributed by atoms with Gasteiger partial charge in [0.15, 0.2) is 0 Å². The summed E-state index contributed by atoms with van der Waals surface area (Å²) in [6.45, 7) is 9.62. The number of hydrogen-bond acceptors (Lipinski definition) is 2. The quantitative estimate of drug-likeness (QED) is 0.766. The van der Waals surface area contributed by atoms with Crippen molar-refractivity contribution in [1.29, 1.82) is 0 Å². The third-order valence-corrected chi connectivity index (χ3v) is 4.87. The summed E-state index contributed by atoms with van der Waals surface area (Å²) in [5.41, 5.74) is 0. The maximum atomic E-state index is 2.62. The smallest absolute Gasteiger partial charge is 0.00735 e. The predicted molar refractivity (Wildman–Crippen MR) is 72.2 cm³/mol. The molecule has 0 bridgehead atoms. The number of likely N-dealkylation sites (tertiary alicyclic amines) is 1. The minimum atomic E-state index is 0.724. The van der Waals surface area contributed by atoms with E-state index < -0.39 is 0 Å². The maximum absolute atomic E-state index is 2.62. The van der Waals surface area contributed by atoms with E-state index in [1.807, 2.05) is 11.3 Å². The Kier molecular flexibility index (Phi) is 4.04. The Morgan fingerprint density at radius 3 is 2.81 bits per heavy atom. The van der Waals surface area contributed by atoms with E-state index in [0.717, 1.165) is 17.9 Å². The second kappa shape index (κ2) is 5.33. The summed E-state index contributed by atoms with van der Waals surface area (Å²) < 4.78 is 0. The van der Waals surface area contributed by atoms with Crippen LogP contribution in [0.1, 0.15) is 44.4 Å². The highest BCUT2D eigenvalue weighted by Gasteiger charge is 2.25. The first-order valence-corrected chi connectivity index (χ1v) is 7.32. The van der Waals surface area contributed by atoms with Gasteiger partial charge in [-0.3, -0.25) is 0 Å². The van der Waals surface area contributed by atoms with Gasteiger partial charge in [0.05, 0.1) is 0 Å². The van der Waals surface area contributed by atoms with Gasteiger partial charge < -0.3 is 4.90 Å². The van der Waals surface area contributed by atoms with Crippen molar-refractivity contribution in [2.24, 2.45) is 5.92 Å². The zero-order chi connectivity index (χ0) is 11.5. The van der Waals surface area contributed by atoms with Crippen LogP contribution in [-0.4, -0.2) is 24.0 Å². The molecule has 0 spiro atoms. The second-order valence-electron chi connectivity index (χ2n) is 5.40. The summed E-state index contributed by atoms with van der Waals surface area (Å²) in [6, 6.07) is 5.18. The normalized spacial score (nSPS) is 24.1. The molecule has 1 aromatic heterocycles. The Morgan fingerprint density at radius 1 is 1.44 bits per heavy atom. The minimum Gasteiger partial charge on any atom is -0.301 e. The van der Waals surface area contributed by atoms with Crippen LogP contribution < -0.4 is 0 Å². The first-order chi connectivity index (χ1) is 7.66. The van der Waals surface area contributed by atoms with Crippen LogP contribution in [-0.2, 0) is 0 Å². The van der Waals surface area contributed by atoms with Gasteiger partial charge in [0.1, 0.15) is 0 Å². The van der Waals surface area contributed by atoms with E-state index in [4.69, 9.17) is 0 Å². The summed E-state index contributed by atoms with van der Waals surface area (Å²) >= 11 is 1.91. The fourth-order valence-electron chi connectivity index (χ4n) is 2.71. The molecule has 2 heterocycles. The highest BCUT2D eigenvalue weighted by molar-refractivity contribution is 7.10. The molecule has 2 rings (SSSR count). The Bertz CT molecular complexity index is 305. The van der Waals surface area contributed by atoms with Crippen molar-refractivity contribution in [2.45, 2.75) is 45.6 Å². The van der Waals surface area contributed by atoms with Crippen LogP contribution in [0.15, 0.2) is 17.5 Å². The summed E-state index contributed by atoms with van der Waals surface area (Å²) in [4.78, 5) is 4.18. The lowest BCUT2D eigenvalue weighted by molar-refractivity contribution is 0.261. The number of rotatable bonds is 4. The molecular formula is C14H23NS. The van der Waals surface area contributed by atoms with Crippen molar-refractivity contribution >= 4 is 11.3 Å². The molecule has 1 saturated heterocycles. The molecule has 0 aliphatic carbocycles. The first-order valence-electron chi connectivity index (χ1n) is 6.44. The monoisotopic (exact) mass is 237 g/mol. The molecule has 1 nitrogen and oxygen atoms in total. The van der Waals surface area contributed by atoms with Gasteiger partial charge in [0, 0.05) is 17.5 Å². The van der Waals surface area contributed by atoms with Crippen molar-refractivity contribution < 1.29 is 0 Å². The van der Waals surface area contributed by atoms with E-state index in [0.29, 0.717) is 0 Å². The van der Waals surface area contributed by atoms with Crippen LogP contribution in [0, 0.1) is 5.92 Å². The van der Waals surface area contributed by atoms with E-state index in [2.05, 4.69) is 43.2 Å². The Hall–Kier alpha value is -0.340. The second-order valence-corrected chi connectivity index (χ2v) is 6.37. The average Bonchev–Trinajstić information content (AvgIpc) is 2.87. The zero-order valence-corrected chi connectivity index (χ0v) is 11.5. The van der Waals surface area contributed by atoms with Gasteiger partial charge in [0.2, 0.25) is 0 Å². The number of hydrogen-bond donors (Lipinski definition) is 0. The highest BCUT2D eigenvalue weighted by Crippen LogP contribution is 2.31. The first kappa shape index (κ1) is 12.1. The van der Waals surface area contributed by atoms with E-state index >= 15 is 0 Å². The summed E-state index contributed by atoms with van der Waals surface area (Å²) in [5, 5.41) is 2.20. The van der Waals surface area contributed by atoms with E-state index in [1.54, 1.807) is 4.88 Å². The molecule has 0 aromatic carbocycles. The lowest BCUT2D eigenvalue weighted by atomic mass is 9.94. The highest BCUT2D eigenvalue weighted by atomic mass is 32.1. The molecule has 16 heavy (non-hydrogen) atoms. The molecule has 0 N–H and O–H groups in total. The van der Waals surface area contributed by atoms with Crippen molar-refractivity contribution in [3.63, 3.8) is 0 Å². The van der Waals surface area contributed by atoms with Crippen molar-refractivity contribution in [1.82, 2.24) is 4.90 Å². The lowest BCUT2D eigenvalue weighted by Crippen LogP contribution is -2.28. The van der Waals surface area contributed by atoms with E-state index in [-0.39, 0.29) is 0 Å². The maximum Gasteiger partial charge on any atom is 0.00735 e. The SMILES string of the molecule is CC(CC1CCN(C(C)C)C1)c1cccs1. The van der Waals surface area contributed by atoms with Crippen molar-refractivity contribution in [3.05, 3.63) is 22.4 Å². The fraction of sp³-hybridized carbons (Fsp3) is 0.714. The molecule has 2 unspecified atom stereocenters. The molecule has 2 heteroatoms. The molecular weight excluding hydrogens is 214 g/mol. The molecule has 1 aliphatic heterocycles. The van der Waals surface area contributed by atoms with Gasteiger partial charge in [-0.2, -0.15) is 0 Å². The fourth-order valence-corrected chi connectivity index (χ4v) is 3.51. The third-order valence-electron chi connectivity index (χ3n) is 3.76. The molecule has 1 aliphatic rings. The standard InChI is InChI=1S/C14H23NS/c1-11(2)15-7-6-13(10-15)9-12(3)14-5-4-8-16-14/h4-5,8,11-13H,6-7,9-10H2,1-3H3. The van der Waals surface area contributed by atoms with Crippen LogP contribution in [0.4, 0.5) is 0 Å². The lowest BCUT2D eigenvalue weighted by Gasteiger charge is -2.21. The third kappa shape index (κ3) is 2.86. The van der Waals surface area contributed by atoms with Crippen LogP contribution in [0.25, 0.3) is 0 Å². The van der Waals surface area contributed by atoms with Gasteiger partial charge in [0.25, 0.3) is 0 Å². The van der Waals surface area contributed by atoms with Gasteiger partial charge in [-0.05, 0) is 56.5 Å². The molecule has 2 atom stereocenters. The Labute approximate surface area is 103 Å². The molecule has 0 amide bonds. The van der Waals surface area contributed by atoms with Gasteiger partial charge in [-0.15, -0.1) is 11.3 Å². The Balaban J connectivity index is 1.83. The van der Waals surface area contributed by atoms with Crippen molar-refractivity contribution in [2.75, 3.05) is 13.1 Å². The van der Waals surface area contributed by atoms with Gasteiger partial charge >= 0.3 is 0 Å². The van der Waals surface area contributed by atoms with Crippen LogP contribution in [0.3, 0.4) is 0 Å². The Morgan fingerprint density at radius 2 is 2.25 bits per heavy atom. The van der Waals surface area contributed by atoms with Crippen molar-refractivity contribution in [3.8, 4) is 0 Å². The average molecular weight is 237 g/mol. The molecule has 1 fully saturated rings. The molecule has 1 aromatic rings. The topological polar surface area (TPSA) is 3.24 Å². The van der Waals surface area contributed by atoms with Crippen LogP contribution >= 0.6 is 11.3 Å². The number of nitrogens with zero attached hydrogens (tertiary/aromatic N) is 1. The van der Waals surface area contributed by atoms with E-state index in [9.17, 15) is 0 Å². The summed E-state index contributed by atoms with van der Waals surface area (Å²) in [6.07, 6.45) is 2.76. The molecule has 90 valence electrons. The van der Waals surface area contributed by atoms with Gasteiger partial charge in [-0.25, -0.2) is 0 Å². The van der Waals surface area contributed by atoms with Crippen LogP contribution in [0.2, 0.25) is 0 Å². The minimum absolute atomic E-state index is 0.724. The molecule has 0 saturated carbocycles. The van der Waals surface area contributed by atoms with Gasteiger partial charge in [-0.1, -0.05) is 13.0 Å². The largest absolute Gasteiger partial charge is 0.301 e. The zero-order valence-electron chi connectivity index (χ0n) is 10.6. The summed E-state index contributed by atoms with van der Waals surface area (Å²) in [5.74, 6) is 1.66. The predicted octanol–water partition coefficient (Wildman–Crippen LogP) is 3.97.